The summed E-state index contributed by atoms with van der Waals surface area (Å²) in [6, 6.07) is 0. The van der Waals surface area contributed by atoms with Crippen LogP contribution in [0.15, 0.2) is 48.6 Å². The Morgan fingerprint density at radius 3 is 1.44 bits per heavy atom. The lowest BCUT2D eigenvalue weighted by molar-refractivity contribution is -0.161. The first-order valence-corrected chi connectivity index (χ1v) is 21.5. The zero-order chi connectivity index (χ0) is 36.8. The van der Waals surface area contributed by atoms with E-state index in [9.17, 15) is 14.2 Å². The quantitative estimate of drug-likeness (QED) is 0.0284. The summed E-state index contributed by atoms with van der Waals surface area (Å²) in [7, 11) is -4.76. The van der Waals surface area contributed by atoms with Gasteiger partial charge in [-0.1, -0.05) is 165 Å². The molecule has 2 N–H and O–H groups in total. The van der Waals surface area contributed by atoms with Gasteiger partial charge in [0.1, 0.15) is 6.61 Å². The molecule has 50 heavy (non-hydrogen) atoms. The van der Waals surface area contributed by atoms with Gasteiger partial charge in [-0.3, -0.25) is 14.1 Å². The van der Waals surface area contributed by atoms with Crippen LogP contribution in [0.25, 0.3) is 0 Å². The molecule has 0 rings (SSSR count). The molecule has 0 heterocycles. The second-order valence-corrected chi connectivity index (χ2v) is 14.5. The maximum absolute atomic E-state index is 12.4. The van der Waals surface area contributed by atoms with Gasteiger partial charge >= 0.3 is 19.8 Å². The lowest BCUT2D eigenvalue weighted by Crippen LogP contribution is -2.29. The second-order valence-electron chi connectivity index (χ2n) is 13.2. The Balaban J connectivity index is 3.98. The first kappa shape index (κ1) is 48.0. The van der Waals surface area contributed by atoms with E-state index in [1.54, 1.807) is 0 Å². The van der Waals surface area contributed by atoms with Crippen LogP contribution in [0.3, 0.4) is 0 Å². The third-order valence-corrected chi connectivity index (χ3v) is 8.85. The van der Waals surface area contributed by atoms with Crippen LogP contribution in [0.5, 0.6) is 0 Å². The zero-order valence-corrected chi connectivity index (χ0v) is 32.7. The van der Waals surface area contributed by atoms with Crippen LogP contribution in [0.1, 0.15) is 181 Å². The fourth-order valence-corrected chi connectivity index (χ4v) is 5.78. The van der Waals surface area contributed by atoms with Gasteiger partial charge in [0, 0.05) is 12.8 Å². The number of ether oxygens (including phenoxy) is 2. The molecule has 0 radical (unpaired) electrons. The number of unbranched alkanes of at least 4 members (excludes halogenated alkanes) is 18. The summed E-state index contributed by atoms with van der Waals surface area (Å²) in [6.07, 6.45) is 44.0. The van der Waals surface area contributed by atoms with Crippen molar-refractivity contribution >= 4 is 19.8 Å². The van der Waals surface area contributed by atoms with Crippen molar-refractivity contribution in [3.05, 3.63) is 48.6 Å². The predicted molar refractivity (Wildman–Crippen MR) is 207 cm³/mol. The molecule has 9 heteroatoms. The fourth-order valence-electron chi connectivity index (χ4n) is 5.42. The standard InChI is InChI=1S/C41H73O8P/c1-3-5-7-9-11-13-15-17-19-20-22-24-26-28-30-32-34-36-41(43)49-39(38-48-50(44,45)46)37-47-40(42)35-33-31-29-27-25-23-21-18-16-14-12-10-8-6-4-2/h5,7,11,13,17,19,22,24,39H,3-4,6,8-10,12,14-16,18,20-21,23,25-38H2,1-2H3,(H2,44,45,46)/b7-5-,13-11-,19-17-,24-22-/t39-/m1/s1. The minimum atomic E-state index is -4.76. The van der Waals surface area contributed by atoms with Crippen molar-refractivity contribution in [2.24, 2.45) is 0 Å². The third kappa shape index (κ3) is 38.8. The molecular formula is C41H73O8P. The molecule has 0 fully saturated rings. The largest absolute Gasteiger partial charge is 0.469 e. The monoisotopic (exact) mass is 725 g/mol. The molecule has 0 spiro atoms. The smallest absolute Gasteiger partial charge is 0.462 e. The SMILES string of the molecule is CC/C=C\C/C=C\C/C=C\C/C=C\CCCCCCC(=O)O[C@H](COC(=O)CCCCCCCCCCCCCCCCC)COP(=O)(O)O. The van der Waals surface area contributed by atoms with Crippen LogP contribution in [-0.4, -0.2) is 41.0 Å². The molecule has 1 atom stereocenters. The Labute approximate surface area is 305 Å². The Kier molecular flexibility index (Phi) is 35.3. The lowest BCUT2D eigenvalue weighted by Gasteiger charge is -2.18. The highest BCUT2D eigenvalue weighted by Gasteiger charge is 2.22. The molecule has 0 aliphatic rings. The van der Waals surface area contributed by atoms with E-state index in [4.69, 9.17) is 19.3 Å². The molecular weight excluding hydrogens is 651 g/mol. The number of esters is 2. The average molecular weight is 725 g/mol. The minimum absolute atomic E-state index is 0.184. The number of hydrogen-bond acceptors (Lipinski definition) is 6. The van der Waals surface area contributed by atoms with Crippen LogP contribution in [-0.2, 0) is 28.2 Å². The number of phosphoric ester groups is 1. The van der Waals surface area contributed by atoms with Gasteiger partial charge in [0.05, 0.1) is 6.61 Å². The molecule has 0 saturated heterocycles. The summed E-state index contributed by atoms with van der Waals surface area (Å²) in [5.74, 6) is -0.910. The van der Waals surface area contributed by atoms with E-state index in [1.807, 2.05) is 0 Å². The van der Waals surface area contributed by atoms with Gasteiger partial charge in [-0.15, -0.1) is 0 Å². The summed E-state index contributed by atoms with van der Waals surface area (Å²) in [5.41, 5.74) is 0. The number of allylic oxidation sites excluding steroid dienone is 8. The van der Waals surface area contributed by atoms with Crippen LogP contribution in [0, 0.1) is 0 Å². The summed E-state index contributed by atoms with van der Waals surface area (Å²) in [4.78, 5) is 42.8. The predicted octanol–water partition coefficient (Wildman–Crippen LogP) is 12.0. The van der Waals surface area contributed by atoms with E-state index in [1.165, 1.54) is 77.0 Å². The number of hydrogen-bond donors (Lipinski definition) is 2. The van der Waals surface area contributed by atoms with Crippen LogP contribution in [0.4, 0.5) is 0 Å². The molecule has 290 valence electrons. The van der Waals surface area contributed by atoms with Crippen molar-refractivity contribution in [3.8, 4) is 0 Å². The van der Waals surface area contributed by atoms with Crippen molar-refractivity contribution in [2.75, 3.05) is 13.2 Å². The van der Waals surface area contributed by atoms with E-state index in [0.717, 1.165) is 70.6 Å². The number of phosphoric acid groups is 1. The molecule has 0 bridgehead atoms. The highest BCUT2D eigenvalue weighted by Crippen LogP contribution is 2.36. The molecule has 0 unspecified atom stereocenters. The van der Waals surface area contributed by atoms with Gasteiger partial charge in [-0.2, -0.15) is 0 Å². The first-order chi connectivity index (χ1) is 24.3. The first-order valence-electron chi connectivity index (χ1n) is 19.9. The van der Waals surface area contributed by atoms with Gasteiger partial charge in [0.15, 0.2) is 6.10 Å². The molecule has 8 nitrogen and oxygen atoms in total. The summed E-state index contributed by atoms with van der Waals surface area (Å²) >= 11 is 0. The van der Waals surface area contributed by atoms with Crippen LogP contribution >= 0.6 is 7.82 Å². The number of carbonyl (C=O) groups excluding carboxylic acids is 2. The lowest BCUT2D eigenvalue weighted by atomic mass is 10.0. The molecule has 0 amide bonds. The topological polar surface area (TPSA) is 119 Å². The third-order valence-electron chi connectivity index (χ3n) is 8.36. The van der Waals surface area contributed by atoms with Crippen LogP contribution in [0.2, 0.25) is 0 Å². The van der Waals surface area contributed by atoms with E-state index in [0.29, 0.717) is 6.42 Å². The Morgan fingerprint density at radius 2 is 0.960 bits per heavy atom. The number of rotatable bonds is 36. The Morgan fingerprint density at radius 1 is 0.540 bits per heavy atom. The second kappa shape index (κ2) is 36.8. The van der Waals surface area contributed by atoms with Gasteiger partial charge in [-0.05, 0) is 51.4 Å². The summed E-state index contributed by atoms with van der Waals surface area (Å²) in [5, 5.41) is 0. The fraction of sp³-hybridized carbons (Fsp3) is 0.756. The van der Waals surface area contributed by atoms with Gasteiger partial charge in [0.2, 0.25) is 0 Å². The van der Waals surface area contributed by atoms with Crippen LogP contribution < -0.4 is 0 Å². The molecule has 0 saturated carbocycles. The zero-order valence-electron chi connectivity index (χ0n) is 31.8. The van der Waals surface area contributed by atoms with E-state index in [-0.39, 0.29) is 19.4 Å². The average Bonchev–Trinajstić information content (AvgIpc) is 3.08. The maximum atomic E-state index is 12.4. The summed E-state index contributed by atoms with van der Waals surface area (Å²) in [6.45, 7) is 3.55. The molecule has 0 aliphatic carbocycles. The van der Waals surface area contributed by atoms with Gasteiger partial charge in [0.25, 0.3) is 0 Å². The highest BCUT2D eigenvalue weighted by molar-refractivity contribution is 7.46. The van der Waals surface area contributed by atoms with Gasteiger partial charge < -0.3 is 19.3 Å². The molecule has 0 aromatic carbocycles. The van der Waals surface area contributed by atoms with E-state index >= 15 is 0 Å². The minimum Gasteiger partial charge on any atom is -0.462 e. The number of carbonyl (C=O) groups is 2. The Hall–Kier alpha value is -1.99. The molecule has 0 aliphatic heterocycles. The summed E-state index contributed by atoms with van der Waals surface area (Å²) < 4.78 is 26.3. The van der Waals surface area contributed by atoms with Crippen molar-refractivity contribution in [2.45, 2.75) is 187 Å². The van der Waals surface area contributed by atoms with Gasteiger partial charge in [-0.25, -0.2) is 4.57 Å². The van der Waals surface area contributed by atoms with E-state index < -0.39 is 32.5 Å². The Bertz CT molecular complexity index is 952. The van der Waals surface area contributed by atoms with Crippen molar-refractivity contribution in [3.63, 3.8) is 0 Å². The normalized spacial score (nSPS) is 13.0. The molecule has 0 aromatic heterocycles. The van der Waals surface area contributed by atoms with Crippen molar-refractivity contribution in [1.82, 2.24) is 0 Å². The van der Waals surface area contributed by atoms with Crippen molar-refractivity contribution < 1.29 is 37.9 Å². The maximum Gasteiger partial charge on any atom is 0.469 e. The van der Waals surface area contributed by atoms with E-state index in [2.05, 4.69) is 67.0 Å². The highest BCUT2D eigenvalue weighted by atomic mass is 31.2. The molecule has 0 aromatic rings. The van der Waals surface area contributed by atoms with Crippen molar-refractivity contribution in [1.29, 1.82) is 0 Å².